The van der Waals surface area contributed by atoms with E-state index in [-0.39, 0.29) is 5.91 Å². The van der Waals surface area contributed by atoms with Gasteiger partial charge in [0.05, 0.1) is 92.0 Å². The van der Waals surface area contributed by atoms with E-state index < -0.39 is 0 Å². The second-order valence-electron chi connectivity index (χ2n) is 8.55. The van der Waals surface area contributed by atoms with Crippen LogP contribution in [0.1, 0.15) is 19.8 Å². The maximum absolute atomic E-state index is 11.0. The van der Waals surface area contributed by atoms with E-state index in [4.69, 9.17) is 37.9 Å². The molecule has 11 nitrogen and oxygen atoms in total. The van der Waals surface area contributed by atoms with E-state index in [1.807, 2.05) is 0 Å². The van der Waals surface area contributed by atoms with Crippen LogP contribution in [-0.2, 0) is 38.0 Å². The summed E-state index contributed by atoms with van der Waals surface area (Å²) in [6.45, 7) is 10.9. The molecule has 1 saturated heterocycles. The smallest absolute Gasteiger partial charge is 0.221 e. The van der Waals surface area contributed by atoms with Crippen LogP contribution in [0.15, 0.2) is 24.3 Å². The van der Waals surface area contributed by atoms with Crippen LogP contribution in [-0.4, -0.2) is 118 Å². The minimum Gasteiger partial charge on any atom is -0.491 e. The van der Waals surface area contributed by atoms with Crippen molar-refractivity contribution in [3.63, 3.8) is 0 Å². The Balaban J connectivity index is 1.21. The Bertz CT molecular complexity index is 688. The number of rotatable bonds is 24. The van der Waals surface area contributed by atoms with E-state index in [1.165, 1.54) is 6.92 Å². The predicted octanol–water partition coefficient (Wildman–Crippen LogP) is 1.89. The SMILES string of the molecule is CC(=O)Nc1ccc(OCCOCCOCCOCCOCCOCCOCCOC2CCNCC2)cc1. The Labute approximate surface area is 226 Å². The zero-order valence-electron chi connectivity index (χ0n) is 22.8. The minimum atomic E-state index is -0.103. The molecule has 1 aromatic carbocycles. The number of hydrogen-bond donors (Lipinski definition) is 2. The number of hydrogen-bond acceptors (Lipinski definition) is 10. The number of amides is 1. The van der Waals surface area contributed by atoms with Gasteiger partial charge in [0.2, 0.25) is 5.91 Å². The van der Waals surface area contributed by atoms with Gasteiger partial charge in [0.1, 0.15) is 12.4 Å². The van der Waals surface area contributed by atoms with Crippen molar-refractivity contribution in [2.24, 2.45) is 0 Å². The molecule has 0 saturated carbocycles. The first kappa shape index (κ1) is 32.4. The van der Waals surface area contributed by atoms with Gasteiger partial charge in [-0.05, 0) is 50.2 Å². The molecule has 0 aliphatic carbocycles. The molecule has 0 atom stereocenters. The van der Waals surface area contributed by atoms with E-state index >= 15 is 0 Å². The van der Waals surface area contributed by atoms with Gasteiger partial charge in [-0.1, -0.05) is 0 Å². The highest BCUT2D eigenvalue weighted by Gasteiger charge is 2.12. The Hall–Kier alpha value is -1.83. The van der Waals surface area contributed by atoms with Crippen LogP contribution < -0.4 is 15.4 Å². The third kappa shape index (κ3) is 18.4. The van der Waals surface area contributed by atoms with Gasteiger partial charge in [0, 0.05) is 12.6 Å². The molecule has 0 radical (unpaired) electrons. The number of benzene rings is 1. The van der Waals surface area contributed by atoms with E-state index in [0.29, 0.717) is 98.6 Å². The molecule has 0 aromatic heterocycles. The first-order chi connectivity index (χ1) is 18.7. The number of piperidine rings is 1. The fraction of sp³-hybridized carbons (Fsp3) is 0.741. The fourth-order valence-corrected chi connectivity index (χ4v) is 3.49. The van der Waals surface area contributed by atoms with Crippen molar-refractivity contribution in [3.8, 4) is 5.75 Å². The lowest BCUT2D eigenvalue weighted by Gasteiger charge is -2.22. The molecule has 2 rings (SSSR count). The molecular formula is C27H46N2O9. The number of carbonyl (C=O) groups excluding carboxylic acids is 1. The average molecular weight is 543 g/mol. The van der Waals surface area contributed by atoms with E-state index in [9.17, 15) is 4.79 Å². The monoisotopic (exact) mass is 542 g/mol. The summed E-state index contributed by atoms with van der Waals surface area (Å²) >= 11 is 0. The first-order valence-corrected chi connectivity index (χ1v) is 13.5. The molecule has 0 spiro atoms. The quantitative estimate of drug-likeness (QED) is 0.188. The number of anilines is 1. The van der Waals surface area contributed by atoms with Gasteiger partial charge in [-0.25, -0.2) is 0 Å². The summed E-state index contributed by atoms with van der Waals surface area (Å²) in [5.74, 6) is 0.622. The van der Waals surface area contributed by atoms with Crippen molar-refractivity contribution in [1.82, 2.24) is 5.32 Å². The Kier molecular flexibility index (Phi) is 19.7. The summed E-state index contributed by atoms with van der Waals surface area (Å²) in [7, 11) is 0. The summed E-state index contributed by atoms with van der Waals surface area (Å²) in [4.78, 5) is 11.0. The molecule has 0 unspecified atom stereocenters. The molecule has 0 bridgehead atoms. The maximum atomic E-state index is 11.0. The second kappa shape index (κ2) is 23.1. The van der Waals surface area contributed by atoms with Crippen LogP contribution in [0.25, 0.3) is 0 Å². The van der Waals surface area contributed by atoms with Gasteiger partial charge in [-0.3, -0.25) is 4.79 Å². The number of ether oxygens (including phenoxy) is 8. The summed E-state index contributed by atoms with van der Waals surface area (Å²) in [6.07, 6.45) is 2.53. The van der Waals surface area contributed by atoms with E-state index in [2.05, 4.69) is 10.6 Å². The lowest BCUT2D eigenvalue weighted by atomic mass is 10.1. The number of nitrogens with one attached hydrogen (secondary N) is 2. The van der Waals surface area contributed by atoms with Crippen molar-refractivity contribution in [2.75, 3.05) is 111 Å². The first-order valence-electron chi connectivity index (χ1n) is 13.5. The molecule has 1 aliphatic heterocycles. The molecule has 38 heavy (non-hydrogen) atoms. The van der Waals surface area contributed by atoms with Gasteiger partial charge in [0.25, 0.3) is 0 Å². The molecule has 1 heterocycles. The number of carbonyl (C=O) groups is 1. The summed E-state index contributed by atoms with van der Waals surface area (Å²) in [5.41, 5.74) is 0.738. The standard InChI is InChI=1S/C27H46N2O9/c1-24(30)29-25-2-4-26(5-3-25)37-22-20-35-18-16-33-14-12-31-10-11-32-13-15-34-17-19-36-21-23-38-27-6-8-28-9-7-27/h2-5,27-28H,6-23H2,1H3,(H,29,30). The Morgan fingerprint density at radius 1 is 0.684 bits per heavy atom. The zero-order valence-corrected chi connectivity index (χ0v) is 22.8. The second-order valence-corrected chi connectivity index (χ2v) is 8.55. The zero-order chi connectivity index (χ0) is 26.9. The lowest BCUT2D eigenvalue weighted by Crippen LogP contribution is -2.33. The van der Waals surface area contributed by atoms with E-state index in [1.54, 1.807) is 24.3 Å². The molecule has 1 amide bonds. The van der Waals surface area contributed by atoms with Crippen LogP contribution in [0.3, 0.4) is 0 Å². The van der Waals surface area contributed by atoms with Crippen LogP contribution in [0, 0.1) is 0 Å². The van der Waals surface area contributed by atoms with Crippen LogP contribution >= 0.6 is 0 Å². The summed E-state index contributed by atoms with van der Waals surface area (Å²) in [5, 5.41) is 6.03. The van der Waals surface area contributed by atoms with Crippen molar-refractivity contribution >= 4 is 11.6 Å². The van der Waals surface area contributed by atoms with Gasteiger partial charge in [-0.15, -0.1) is 0 Å². The molecule has 1 aromatic rings. The van der Waals surface area contributed by atoms with Gasteiger partial charge in [0.15, 0.2) is 0 Å². The molecule has 218 valence electrons. The van der Waals surface area contributed by atoms with Crippen LogP contribution in [0.5, 0.6) is 5.75 Å². The Morgan fingerprint density at radius 3 is 1.55 bits per heavy atom. The molecule has 11 heteroatoms. The summed E-state index contributed by atoms with van der Waals surface area (Å²) < 4.78 is 44.3. The molecule has 1 fully saturated rings. The minimum absolute atomic E-state index is 0.103. The average Bonchev–Trinajstić information content (AvgIpc) is 2.92. The van der Waals surface area contributed by atoms with Crippen LogP contribution in [0.2, 0.25) is 0 Å². The van der Waals surface area contributed by atoms with Crippen molar-refractivity contribution in [2.45, 2.75) is 25.9 Å². The predicted molar refractivity (Wildman–Crippen MR) is 143 cm³/mol. The lowest BCUT2D eigenvalue weighted by molar-refractivity contribution is -0.114. The Morgan fingerprint density at radius 2 is 1.11 bits per heavy atom. The van der Waals surface area contributed by atoms with Crippen molar-refractivity contribution < 1.29 is 42.7 Å². The molecule has 2 N–H and O–H groups in total. The van der Waals surface area contributed by atoms with E-state index in [0.717, 1.165) is 37.4 Å². The highest BCUT2D eigenvalue weighted by molar-refractivity contribution is 5.88. The molecular weight excluding hydrogens is 496 g/mol. The van der Waals surface area contributed by atoms with Crippen LogP contribution in [0.4, 0.5) is 5.69 Å². The van der Waals surface area contributed by atoms with Gasteiger partial charge in [-0.2, -0.15) is 0 Å². The summed E-state index contributed by atoms with van der Waals surface area (Å²) in [6, 6.07) is 7.19. The molecule has 1 aliphatic rings. The fourth-order valence-electron chi connectivity index (χ4n) is 3.49. The van der Waals surface area contributed by atoms with Crippen molar-refractivity contribution in [1.29, 1.82) is 0 Å². The normalized spacial score (nSPS) is 14.0. The maximum Gasteiger partial charge on any atom is 0.221 e. The van der Waals surface area contributed by atoms with Crippen molar-refractivity contribution in [3.05, 3.63) is 24.3 Å². The topological polar surface area (TPSA) is 115 Å². The highest BCUT2D eigenvalue weighted by atomic mass is 16.6. The van der Waals surface area contributed by atoms with Gasteiger partial charge >= 0.3 is 0 Å². The third-order valence-corrected chi connectivity index (χ3v) is 5.40. The van der Waals surface area contributed by atoms with Gasteiger partial charge < -0.3 is 48.5 Å². The third-order valence-electron chi connectivity index (χ3n) is 5.40. The highest BCUT2D eigenvalue weighted by Crippen LogP contribution is 2.15. The largest absolute Gasteiger partial charge is 0.491 e.